The van der Waals surface area contributed by atoms with E-state index >= 15 is 0 Å². The zero-order chi connectivity index (χ0) is 20.6. The van der Waals surface area contributed by atoms with Crippen LogP contribution < -0.4 is 5.32 Å². The maximum atomic E-state index is 12.3. The number of hydrogen-bond acceptors (Lipinski definition) is 6. The Kier molecular flexibility index (Phi) is 6.26. The van der Waals surface area contributed by atoms with E-state index in [1.807, 2.05) is 65.2 Å². The first-order chi connectivity index (χ1) is 14.8. The van der Waals surface area contributed by atoms with Gasteiger partial charge in [-0.3, -0.25) is 9.36 Å². The van der Waals surface area contributed by atoms with Crippen LogP contribution in [0.4, 0.5) is 17.1 Å². The van der Waals surface area contributed by atoms with Gasteiger partial charge in [0.05, 0.1) is 17.1 Å². The number of benzene rings is 3. The van der Waals surface area contributed by atoms with Gasteiger partial charge in [0.15, 0.2) is 5.16 Å². The second-order valence-electron chi connectivity index (χ2n) is 6.24. The molecule has 0 fully saturated rings. The molecule has 1 amide bonds. The Bertz CT molecular complexity index is 1130. The number of nitrogens with zero attached hydrogens (tertiary/aromatic N) is 5. The Balaban J connectivity index is 1.32. The van der Waals surface area contributed by atoms with Crippen LogP contribution in [0.1, 0.15) is 0 Å². The van der Waals surface area contributed by atoms with Crippen molar-refractivity contribution in [1.82, 2.24) is 14.8 Å². The van der Waals surface area contributed by atoms with Crippen molar-refractivity contribution in [1.29, 1.82) is 0 Å². The molecule has 0 radical (unpaired) electrons. The summed E-state index contributed by atoms with van der Waals surface area (Å²) in [4.78, 5) is 12.3. The molecule has 148 valence electrons. The summed E-state index contributed by atoms with van der Waals surface area (Å²) in [5.41, 5.74) is 3.15. The molecule has 1 aromatic heterocycles. The van der Waals surface area contributed by atoms with Gasteiger partial charge in [-0.25, -0.2) is 0 Å². The van der Waals surface area contributed by atoms with Crippen molar-refractivity contribution in [3.8, 4) is 5.69 Å². The Labute approximate surface area is 177 Å². The maximum Gasteiger partial charge on any atom is 0.234 e. The average Bonchev–Trinajstić information content (AvgIpc) is 3.27. The van der Waals surface area contributed by atoms with Crippen molar-refractivity contribution in [2.24, 2.45) is 10.2 Å². The molecule has 0 unspecified atom stereocenters. The fourth-order valence-corrected chi connectivity index (χ4v) is 3.37. The molecular weight excluding hydrogens is 396 g/mol. The zero-order valence-corrected chi connectivity index (χ0v) is 16.7. The molecule has 0 saturated heterocycles. The number of hydrogen-bond donors (Lipinski definition) is 1. The lowest BCUT2D eigenvalue weighted by atomic mass is 10.3. The molecule has 3 aromatic carbocycles. The Hall–Kier alpha value is -3.78. The van der Waals surface area contributed by atoms with Crippen LogP contribution in [-0.4, -0.2) is 26.4 Å². The van der Waals surface area contributed by atoms with Crippen LogP contribution in [0.5, 0.6) is 0 Å². The summed E-state index contributed by atoms with van der Waals surface area (Å²) in [6.45, 7) is 0. The smallest absolute Gasteiger partial charge is 0.234 e. The number of amides is 1. The topological polar surface area (TPSA) is 84.5 Å². The molecule has 1 heterocycles. The maximum absolute atomic E-state index is 12.3. The van der Waals surface area contributed by atoms with Crippen LogP contribution in [0.3, 0.4) is 0 Å². The number of nitrogens with one attached hydrogen (secondary N) is 1. The normalized spacial score (nSPS) is 10.9. The molecule has 0 spiro atoms. The van der Waals surface area contributed by atoms with E-state index in [-0.39, 0.29) is 11.7 Å². The van der Waals surface area contributed by atoms with Crippen LogP contribution >= 0.6 is 11.8 Å². The highest BCUT2D eigenvalue weighted by Gasteiger charge is 2.10. The fraction of sp³-hybridized carbons (Fsp3) is 0.0455. The SMILES string of the molecule is O=C(CSc1nncn1-c1ccccc1)Nc1ccc(N=Nc2ccccc2)cc1. The summed E-state index contributed by atoms with van der Waals surface area (Å²) in [6.07, 6.45) is 1.64. The van der Waals surface area contributed by atoms with Crippen molar-refractivity contribution >= 4 is 34.7 Å². The van der Waals surface area contributed by atoms with E-state index in [0.717, 1.165) is 11.4 Å². The molecule has 7 nitrogen and oxygen atoms in total. The third kappa shape index (κ3) is 5.18. The minimum Gasteiger partial charge on any atom is -0.325 e. The monoisotopic (exact) mass is 414 g/mol. The van der Waals surface area contributed by atoms with Gasteiger partial charge in [-0.1, -0.05) is 48.2 Å². The number of para-hydroxylation sites is 1. The highest BCUT2D eigenvalue weighted by molar-refractivity contribution is 7.99. The first kappa shape index (κ1) is 19.5. The van der Waals surface area contributed by atoms with Crippen molar-refractivity contribution in [3.63, 3.8) is 0 Å². The number of anilines is 1. The minimum atomic E-state index is -0.124. The van der Waals surface area contributed by atoms with Gasteiger partial charge in [-0.15, -0.1) is 10.2 Å². The first-order valence-electron chi connectivity index (χ1n) is 9.23. The van der Waals surface area contributed by atoms with Gasteiger partial charge >= 0.3 is 0 Å². The lowest BCUT2D eigenvalue weighted by Crippen LogP contribution is -2.14. The van der Waals surface area contributed by atoms with Gasteiger partial charge in [-0.05, 0) is 48.5 Å². The molecular formula is C22H18N6OS. The minimum absolute atomic E-state index is 0.124. The number of carbonyl (C=O) groups is 1. The molecule has 30 heavy (non-hydrogen) atoms. The number of rotatable bonds is 7. The largest absolute Gasteiger partial charge is 0.325 e. The van der Waals surface area contributed by atoms with E-state index in [1.54, 1.807) is 30.6 Å². The first-order valence-corrected chi connectivity index (χ1v) is 10.2. The summed E-state index contributed by atoms with van der Waals surface area (Å²) >= 11 is 1.33. The second-order valence-corrected chi connectivity index (χ2v) is 7.18. The van der Waals surface area contributed by atoms with E-state index in [0.29, 0.717) is 16.5 Å². The van der Waals surface area contributed by atoms with Crippen LogP contribution in [-0.2, 0) is 4.79 Å². The van der Waals surface area contributed by atoms with E-state index < -0.39 is 0 Å². The molecule has 0 saturated carbocycles. The average molecular weight is 414 g/mol. The van der Waals surface area contributed by atoms with E-state index in [1.165, 1.54) is 11.8 Å². The third-order valence-electron chi connectivity index (χ3n) is 4.07. The van der Waals surface area contributed by atoms with Crippen LogP contribution in [0.2, 0.25) is 0 Å². The Morgan fingerprint density at radius 1 is 0.867 bits per heavy atom. The van der Waals surface area contributed by atoms with Crippen LogP contribution in [0, 0.1) is 0 Å². The lowest BCUT2D eigenvalue weighted by Gasteiger charge is -2.07. The molecule has 8 heteroatoms. The molecule has 1 N–H and O–H groups in total. The summed E-state index contributed by atoms with van der Waals surface area (Å²) < 4.78 is 1.85. The van der Waals surface area contributed by atoms with Crippen molar-refractivity contribution in [3.05, 3.63) is 91.3 Å². The third-order valence-corrected chi connectivity index (χ3v) is 5.01. The molecule has 0 aliphatic rings. The molecule has 0 aliphatic heterocycles. The molecule has 0 aliphatic carbocycles. The number of thioether (sulfide) groups is 1. The van der Waals surface area contributed by atoms with Gasteiger partial charge in [0.1, 0.15) is 6.33 Å². The fourth-order valence-electron chi connectivity index (χ4n) is 2.64. The van der Waals surface area contributed by atoms with Gasteiger partial charge in [0.2, 0.25) is 5.91 Å². The number of carbonyl (C=O) groups excluding carboxylic acids is 1. The number of azo groups is 1. The standard InChI is InChI=1S/C22H18N6OS/c29-21(15-30-22-27-23-16-28(22)20-9-5-2-6-10-20)24-17-11-13-19(14-12-17)26-25-18-7-3-1-4-8-18/h1-14,16H,15H2,(H,24,29). The Morgan fingerprint density at radius 2 is 1.50 bits per heavy atom. The predicted molar refractivity (Wildman–Crippen MR) is 118 cm³/mol. The highest BCUT2D eigenvalue weighted by Crippen LogP contribution is 2.22. The lowest BCUT2D eigenvalue weighted by molar-refractivity contribution is -0.113. The number of aromatic nitrogens is 3. The van der Waals surface area contributed by atoms with E-state index in [4.69, 9.17) is 0 Å². The Morgan fingerprint density at radius 3 is 2.20 bits per heavy atom. The highest BCUT2D eigenvalue weighted by atomic mass is 32.2. The summed E-state index contributed by atoms with van der Waals surface area (Å²) in [5, 5.41) is 20.0. The molecule has 0 atom stereocenters. The van der Waals surface area contributed by atoms with Crippen LogP contribution in [0.15, 0.2) is 107 Å². The van der Waals surface area contributed by atoms with Gasteiger partial charge in [-0.2, -0.15) is 10.2 Å². The summed E-state index contributed by atoms with van der Waals surface area (Å²) in [5.74, 6) is 0.0994. The van der Waals surface area contributed by atoms with Gasteiger partial charge < -0.3 is 5.32 Å². The molecule has 0 bridgehead atoms. The van der Waals surface area contributed by atoms with Crippen molar-refractivity contribution in [2.75, 3.05) is 11.1 Å². The van der Waals surface area contributed by atoms with Crippen molar-refractivity contribution < 1.29 is 4.79 Å². The summed E-state index contributed by atoms with van der Waals surface area (Å²) in [7, 11) is 0. The van der Waals surface area contributed by atoms with E-state index in [9.17, 15) is 4.79 Å². The molecule has 4 aromatic rings. The quantitative estimate of drug-likeness (QED) is 0.323. The van der Waals surface area contributed by atoms with Crippen LogP contribution in [0.25, 0.3) is 5.69 Å². The second kappa shape index (κ2) is 9.62. The summed E-state index contributed by atoms with van der Waals surface area (Å²) in [6, 6.07) is 26.5. The van der Waals surface area contributed by atoms with Crippen molar-refractivity contribution in [2.45, 2.75) is 5.16 Å². The van der Waals surface area contributed by atoms with E-state index in [2.05, 4.69) is 25.7 Å². The van der Waals surface area contributed by atoms with Gasteiger partial charge in [0, 0.05) is 11.4 Å². The molecule has 4 rings (SSSR count). The van der Waals surface area contributed by atoms with Gasteiger partial charge in [0.25, 0.3) is 0 Å². The predicted octanol–water partition coefficient (Wildman–Crippen LogP) is 5.41. The zero-order valence-electron chi connectivity index (χ0n) is 15.9.